The first kappa shape index (κ1) is 18.3. The summed E-state index contributed by atoms with van der Waals surface area (Å²) < 4.78 is 26.6. The van der Waals surface area contributed by atoms with Crippen LogP contribution in [0.3, 0.4) is 0 Å². The third-order valence-corrected chi connectivity index (χ3v) is 5.04. The van der Waals surface area contributed by atoms with Crippen LogP contribution in [0.25, 0.3) is 5.78 Å². The van der Waals surface area contributed by atoms with Crippen molar-refractivity contribution >= 4 is 39.0 Å². The molecule has 0 spiro atoms. The van der Waals surface area contributed by atoms with E-state index in [9.17, 15) is 13.2 Å². The molecule has 8 nitrogen and oxygen atoms in total. The summed E-state index contributed by atoms with van der Waals surface area (Å²) in [5.41, 5.74) is 2.72. The van der Waals surface area contributed by atoms with Crippen LogP contribution in [-0.2, 0) is 10.0 Å². The minimum atomic E-state index is -3.34. The van der Waals surface area contributed by atoms with Gasteiger partial charge in [-0.1, -0.05) is 11.8 Å². The van der Waals surface area contributed by atoms with Gasteiger partial charge in [-0.05, 0) is 44.2 Å². The van der Waals surface area contributed by atoms with Crippen molar-refractivity contribution in [3.8, 4) is 0 Å². The number of nitrogens with zero attached hydrogens (tertiary/aromatic N) is 4. The number of carbonyl (C=O) groups is 1. The number of rotatable bonds is 6. The minimum absolute atomic E-state index is 0.0876. The van der Waals surface area contributed by atoms with E-state index in [0.717, 1.165) is 17.6 Å². The van der Waals surface area contributed by atoms with Crippen molar-refractivity contribution in [2.75, 3.05) is 16.7 Å². The van der Waals surface area contributed by atoms with Crippen molar-refractivity contribution in [1.82, 2.24) is 19.6 Å². The molecule has 10 heteroatoms. The molecule has 1 N–H and O–H groups in total. The largest absolute Gasteiger partial charge is 0.293 e. The van der Waals surface area contributed by atoms with Gasteiger partial charge in [-0.3, -0.25) is 13.9 Å². The zero-order valence-electron chi connectivity index (χ0n) is 14.4. The quantitative estimate of drug-likeness (QED) is 0.506. The fourth-order valence-electron chi connectivity index (χ4n) is 2.45. The first-order chi connectivity index (χ1) is 12.2. The van der Waals surface area contributed by atoms with Crippen LogP contribution >= 0.6 is 11.8 Å². The van der Waals surface area contributed by atoms with E-state index in [1.54, 1.807) is 24.3 Å². The van der Waals surface area contributed by atoms with Gasteiger partial charge in [0.2, 0.25) is 10.0 Å². The SMILES string of the molecule is Cc1cc(C)n2c(SCC(=O)c3ccc(NS(C)(=O)=O)cc3)nnc2n1. The Bertz CT molecular complexity index is 1080. The molecule has 0 saturated carbocycles. The molecule has 136 valence electrons. The number of aryl methyl sites for hydroxylation is 2. The molecule has 0 unspecified atom stereocenters. The molecule has 0 saturated heterocycles. The van der Waals surface area contributed by atoms with Crippen molar-refractivity contribution in [2.24, 2.45) is 0 Å². The summed E-state index contributed by atoms with van der Waals surface area (Å²) in [4.78, 5) is 16.7. The number of nitrogens with one attached hydrogen (secondary N) is 1. The van der Waals surface area contributed by atoms with E-state index < -0.39 is 10.0 Å². The fourth-order valence-corrected chi connectivity index (χ4v) is 3.89. The zero-order chi connectivity index (χ0) is 18.9. The molecule has 0 amide bonds. The van der Waals surface area contributed by atoms with E-state index in [2.05, 4.69) is 19.9 Å². The van der Waals surface area contributed by atoms with Gasteiger partial charge in [0.1, 0.15) is 0 Å². The number of ketones is 1. The smallest absolute Gasteiger partial charge is 0.256 e. The van der Waals surface area contributed by atoms with E-state index in [-0.39, 0.29) is 11.5 Å². The molecular formula is C16H17N5O3S2. The van der Waals surface area contributed by atoms with Crippen LogP contribution in [0.4, 0.5) is 5.69 Å². The molecule has 0 bridgehead atoms. The number of hydrogen-bond donors (Lipinski definition) is 1. The van der Waals surface area contributed by atoms with Gasteiger partial charge in [0.15, 0.2) is 10.9 Å². The van der Waals surface area contributed by atoms with Crippen LogP contribution in [0, 0.1) is 13.8 Å². The Morgan fingerprint density at radius 2 is 1.88 bits per heavy atom. The number of carbonyl (C=O) groups excluding carboxylic acids is 1. The summed E-state index contributed by atoms with van der Waals surface area (Å²) in [7, 11) is -3.34. The second-order valence-electron chi connectivity index (χ2n) is 5.82. The molecule has 3 rings (SSSR count). The predicted octanol–water partition coefficient (Wildman–Crippen LogP) is 2.09. The Hall–Kier alpha value is -2.46. The molecule has 0 radical (unpaired) electrons. The average Bonchev–Trinajstić information content (AvgIpc) is 2.95. The molecule has 1 aromatic carbocycles. The highest BCUT2D eigenvalue weighted by Gasteiger charge is 2.13. The van der Waals surface area contributed by atoms with Crippen molar-refractivity contribution in [3.05, 3.63) is 47.3 Å². The van der Waals surface area contributed by atoms with Crippen molar-refractivity contribution in [2.45, 2.75) is 19.0 Å². The summed E-state index contributed by atoms with van der Waals surface area (Å²) in [6.45, 7) is 3.82. The van der Waals surface area contributed by atoms with E-state index in [1.807, 2.05) is 24.3 Å². The Morgan fingerprint density at radius 3 is 2.54 bits per heavy atom. The lowest BCUT2D eigenvalue weighted by Crippen LogP contribution is -2.10. The molecule has 2 heterocycles. The second kappa shape index (κ2) is 7.04. The van der Waals surface area contributed by atoms with E-state index in [4.69, 9.17) is 0 Å². The third-order valence-electron chi connectivity index (χ3n) is 3.51. The summed E-state index contributed by atoms with van der Waals surface area (Å²) in [6, 6.07) is 8.23. The fraction of sp³-hybridized carbons (Fsp3) is 0.250. The van der Waals surface area contributed by atoms with E-state index in [1.165, 1.54) is 11.8 Å². The molecular weight excluding hydrogens is 374 g/mol. The lowest BCUT2D eigenvalue weighted by molar-refractivity contribution is 0.102. The van der Waals surface area contributed by atoms with Gasteiger partial charge in [0.05, 0.1) is 12.0 Å². The minimum Gasteiger partial charge on any atom is -0.293 e. The van der Waals surface area contributed by atoms with Crippen LogP contribution < -0.4 is 4.72 Å². The van der Waals surface area contributed by atoms with Gasteiger partial charge < -0.3 is 0 Å². The molecule has 0 aliphatic heterocycles. The number of Topliss-reactive ketones (excluding diaryl/α,β-unsaturated/α-hetero) is 1. The normalized spacial score (nSPS) is 11.7. The number of thioether (sulfide) groups is 1. The maximum absolute atomic E-state index is 12.4. The maximum atomic E-state index is 12.4. The Morgan fingerprint density at radius 1 is 1.19 bits per heavy atom. The first-order valence-electron chi connectivity index (χ1n) is 7.66. The van der Waals surface area contributed by atoms with Crippen LogP contribution in [-0.4, -0.2) is 45.8 Å². The highest BCUT2D eigenvalue weighted by Crippen LogP contribution is 2.20. The van der Waals surface area contributed by atoms with Gasteiger partial charge in [-0.15, -0.1) is 10.2 Å². The lowest BCUT2D eigenvalue weighted by atomic mass is 10.1. The van der Waals surface area contributed by atoms with Crippen LogP contribution in [0.15, 0.2) is 35.5 Å². The van der Waals surface area contributed by atoms with Crippen molar-refractivity contribution in [1.29, 1.82) is 0 Å². The number of sulfonamides is 1. The average molecular weight is 391 g/mol. The number of benzene rings is 1. The molecule has 3 aromatic rings. The summed E-state index contributed by atoms with van der Waals surface area (Å²) in [5.74, 6) is 0.608. The van der Waals surface area contributed by atoms with Crippen molar-refractivity contribution < 1.29 is 13.2 Å². The Balaban J connectivity index is 1.71. The molecule has 0 aliphatic carbocycles. The highest BCUT2D eigenvalue weighted by molar-refractivity contribution is 7.99. The number of aromatic nitrogens is 4. The zero-order valence-corrected chi connectivity index (χ0v) is 16.1. The summed E-state index contributed by atoms with van der Waals surface area (Å²) in [5, 5.41) is 8.75. The Labute approximate surface area is 155 Å². The molecule has 0 aliphatic rings. The van der Waals surface area contributed by atoms with Gasteiger partial charge in [0.25, 0.3) is 5.78 Å². The molecule has 26 heavy (non-hydrogen) atoms. The summed E-state index contributed by atoms with van der Waals surface area (Å²) >= 11 is 1.28. The predicted molar refractivity (Wildman–Crippen MR) is 100 cm³/mol. The van der Waals surface area contributed by atoms with E-state index >= 15 is 0 Å². The molecule has 2 aromatic heterocycles. The Kier molecular flexibility index (Phi) is 4.97. The van der Waals surface area contributed by atoms with Gasteiger partial charge in [0, 0.05) is 22.6 Å². The van der Waals surface area contributed by atoms with Crippen LogP contribution in [0.2, 0.25) is 0 Å². The van der Waals surface area contributed by atoms with Gasteiger partial charge >= 0.3 is 0 Å². The van der Waals surface area contributed by atoms with Crippen molar-refractivity contribution in [3.63, 3.8) is 0 Å². The van der Waals surface area contributed by atoms with Crippen LogP contribution in [0.5, 0.6) is 0 Å². The van der Waals surface area contributed by atoms with Gasteiger partial charge in [-0.25, -0.2) is 13.4 Å². The number of anilines is 1. The monoisotopic (exact) mass is 391 g/mol. The highest BCUT2D eigenvalue weighted by atomic mass is 32.2. The number of fused-ring (bicyclic) bond motifs is 1. The standard InChI is InChI=1S/C16H17N5O3S2/c1-10-8-11(2)21-15(17-10)18-19-16(21)25-9-14(22)12-4-6-13(7-5-12)20-26(3,23)24/h4-8,20H,9H2,1-3H3. The third kappa shape index (κ3) is 4.20. The topological polar surface area (TPSA) is 106 Å². The maximum Gasteiger partial charge on any atom is 0.256 e. The second-order valence-corrected chi connectivity index (χ2v) is 8.51. The first-order valence-corrected chi connectivity index (χ1v) is 10.5. The van der Waals surface area contributed by atoms with Crippen LogP contribution in [0.1, 0.15) is 21.7 Å². The number of hydrogen-bond acceptors (Lipinski definition) is 7. The lowest BCUT2D eigenvalue weighted by Gasteiger charge is -2.06. The van der Waals surface area contributed by atoms with Gasteiger partial charge in [-0.2, -0.15) is 0 Å². The van der Waals surface area contributed by atoms with E-state index in [0.29, 0.717) is 22.2 Å². The summed E-state index contributed by atoms with van der Waals surface area (Å²) in [6.07, 6.45) is 1.07. The molecule has 0 atom stereocenters. The molecule has 0 fully saturated rings.